The number of aromatic nitrogens is 1. The van der Waals surface area contributed by atoms with Crippen LogP contribution in [-0.2, 0) is 12.6 Å². The van der Waals surface area contributed by atoms with Gasteiger partial charge in [-0.15, -0.1) is 0 Å². The van der Waals surface area contributed by atoms with Crippen molar-refractivity contribution in [1.29, 1.82) is 0 Å². The van der Waals surface area contributed by atoms with E-state index in [1.165, 1.54) is 30.9 Å². The minimum atomic E-state index is -4.57. The van der Waals surface area contributed by atoms with Crippen LogP contribution in [0.2, 0.25) is 5.02 Å². The maximum Gasteiger partial charge on any atom is 0.420 e. The Kier molecular flexibility index (Phi) is 4.35. The molecule has 1 aromatic heterocycles. The van der Waals surface area contributed by atoms with Crippen molar-refractivity contribution in [2.45, 2.75) is 31.9 Å². The van der Waals surface area contributed by atoms with E-state index in [-0.39, 0.29) is 5.02 Å². The fraction of sp³-hybridized carbons (Fsp3) is 0.300. The topological polar surface area (TPSA) is 25.0 Å². The van der Waals surface area contributed by atoms with E-state index in [1.807, 2.05) is 12.3 Å². The zero-order chi connectivity index (χ0) is 18.3. The van der Waals surface area contributed by atoms with Gasteiger partial charge in [0.05, 0.1) is 5.02 Å². The molecule has 1 radical (unpaired) electrons. The Hall–Kier alpha value is -2.14. The van der Waals surface area contributed by atoms with Gasteiger partial charge in [-0.3, -0.25) is 0 Å². The number of hydrogen-bond donors (Lipinski definition) is 1. The average molecular weight is 379 g/mol. The highest BCUT2D eigenvalue weighted by atomic mass is 35.5. The summed E-state index contributed by atoms with van der Waals surface area (Å²) in [6.07, 6.45) is 2.11. The van der Waals surface area contributed by atoms with Crippen LogP contribution in [0.3, 0.4) is 0 Å². The standard InChI is InChI=1S/C20H16ClF3NO/c21-17-6-2-5-16(20(22,23)24)19(17)26-14-7-8-18-15(10-14)13(11-25-18)9-12-3-1-4-12/h5-8,10-12,25H,1,3-4,9H2. The van der Waals surface area contributed by atoms with Crippen molar-refractivity contribution in [3.05, 3.63) is 58.7 Å². The number of hydrogen-bond acceptors (Lipinski definition) is 1. The molecule has 1 N–H and O–H groups in total. The molecule has 1 fully saturated rings. The van der Waals surface area contributed by atoms with E-state index in [2.05, 4.69) is 11.1 Å². The molecule has 135 valence electrons. The Morgan fingerprint density at radius 2 is 2.04 bits per heavy atom. The Bertz CT molecular complexity index is 944. The van der Waals surface area contributed by atoms with E-state index >= 15 is 0 Å². The predicted molar refractivity (Wildman–Crippen MR) is 94.7 cm³/mol. The molecule has 26 heavy (non-hydrogen) atoms. The molecule has 1 aliphatic rings. The first-order chi connectivity index (χ1) is 12.4. The van der Waals surface area contributed by atoms with E-state index in [0.29, 0.717) is 11.7 Å². The fourth-order valence-electron chi connectivity index (χ4n) is 3.29. The summed E-state index contributed by atoms with van der Waals surface area (Å²) in [5, 5.41) is 0.852. The second-order valence-corrected chi connectivity index (χ2v) is 7.08. The normalized spacial score (nSPS) is 15.2. The van der Waals surface area contributed by atoms with Crippen LogP contribution in [-0.4, -0.2) is 4.98 Å². The summed E-state index contributed by atoms with van der Waals surface area (Å²) in [5.41, 5.74) is 1.17. The average Bonchev–Trinajstić information content (AvgIpc) is 2.94. The lowest BCUT2D eigenvalue weighted by molar-refractivity contribution is -0.138. The van der Waals surface area contributed by atoms with Crippen molar-refractivity contribution < 1.29 is 17.9 Å². The number of halogens is 4. The van der Waals surface area contributed by atoms with Crippen LogP contribution >= 0.6 is 11.6 Å². The summed E-state index contributed by atoms with van der Waals surface area (Å²) < 4.78 is 45.2. The predicted octanol–water partition coefficient (Wildman–Crippen LogP) is 6.78. The summed E-state index contributed by atoms with van der Waals surface area (Å²) in [7, 11) is 0. The Labute approximate surface area is 153 Å². The van der Waals surface area contributed by atoms with E-state index in [1.54, 1.807) is 12.1 Å². The molecule has 6 heteroatoms. The molecule has 0 aliphatic heterocycles. The smallest absolute Gasteiger partial charge is 0.420 e. The largest absolute Gasteiger partial charge is 0.455 e. The Balaban J connectivity index is 1.69. The van der Waals surface area contributed by atoms with Crippen LogP contribution in [0.25, 0.3) is 10.9 Å². The maximum absolute atomic E-state index is 13.2. The van der Waals surface area contributed by atoms with E-state index in [0.717, 1.165) is 23.4 Å². The third-order valence-corrected chi connectivity index (χ3v) is 5.18. The van der Waals surface area contributed by atoms with Gasteiger partial charge in [-0.1, -0.05) is 30.9 Å². The molecule has 3 aromatic rings. The van der Waals surface area contributed by atoms with Crippen molar-refractivity contribution in [1.82, 2.24) is 4.98 Å². The molecule has 0 spiro atoms. The second kappa shape index (κ2) is 6.54. The Morgan fingerprint density at radius 3 is 2.73 bits per heavy atom. The number of benzene rings is 2. The van der Waals surface area contributed by atoms with Crippen molar-refractivity contribution in [3.63, 3.8) is 0 Å². The number of rotatable bonds is 4. The monoisotopic (exact) mass is 378 g/mol. The number of H-pyrrole nitrogens is 1. The molecule has 1 aliphatic carbocycles. The third kappa shape index (κ3) is 3.28. The first-order valence-corrected chi connectivity index (χ1v) is 8.84. The van der Waals surface area contributed by atoms with Crippen molar-refractivity contribution in [2.75, 3.05) is 0 Å². The molecule has 1 saturated carbocycles. The zero-order valence-corrected chi connectivity index (χ0v) is 14.5. The molecule has 0 atom stereocenters. The molecule has 4 rings (SSSR count). The first kappa shape index (κ1) is 17.3. The highest BCUT2D eigenvalue weighted by Gasteiger charge is 2.35. The van der Waals surface area contributed by atoms with E-state index < -0.39 is 17.5 Å². The molecule has 0 bridgehead atoms. The first-order valence-electron chi connectivity index (χ1n) is 8.46. The van der Waals surface area contributed by atoms with Crippen molar-refractivity contribution >= 4 is 22.5 Å². The van der Waals surface area contributed by atoms with Crippen LogP contribution < -0.4 is 4.74 Å². The molecular formula is C20H16ClF3NO. The van der Waals surface area contributed by atoms with Crippen LogP contribution in [0, 0.1) is 12.0 Å². The van der Waals surface area contributed by atoms with Gasteiger partial charge in [0.1, 0.15) is 11.3 Å². The van der Waals surface area contributed by atoms with Gasteiger partial charge in [-0.25, -0.2) is 0 Å². The molecule has 2 nitrogen and oxygen atoms in total. The second-order valence-electron chi connectivity index (χ2n) is 6.67. The fourth-order valence-corrected chi connectivity index (χ4v) is 3.49. The number of nitrogens with one attached hydrogen (secondary N) is 1. The van der Waals surface area contributed by atoms with Gasteiger partial charge >= 0.3 is 6.18 Å². The summed E-state index contributed by atoms with van der Waals surface area (Å²) >= 11 is 5.95. The lowest BCUT2D eigenvalue weighted by Crippen LogP contribution is -2.13. The summed E-state index contributed by atoms with van der Waals surface area (Å²) in [6.45, 7) is 0. The SMILES string of the molecule is FC(F)(F)c1c[c]cc(Cl)c1Oc1ccc2[nH]cc(CC3CCC3)c2c1. The highest BCUT2D eigenvalue weighted by molar-refractivity contribution is 6.32. The quantitative estimate of drug-likeness (QED) is 0.532. The van der Waals surface area contributed by atoms with Gasteiger partial charge in [0, 0.05) is 17.1 Å². The van der Waals surface area contributed by atoms with Gasteiger partial charge < -0.3 is 9.72 Å². The van der Waals surface area contributed by atoms with Crippen molar-refractivity contribution in [2.24, 2.45) is 5.92 Å². The summed E-state index contributed by atoms with van der Waals surface area (Å²) in [5.74, 6) is 0.619. The van der Waals surface area contributed by atoms with Crippen molar-refractivity contribution in [3.8, 4) is 11.5 Å². The molecular weight excluding hydrogens is 363 g/mol. The third-order valence-electron chi connectivity index (χ3n) is 4.90. The van der Waals surface area contributed by atoms with E-state index in [9.17, 15) is 13.2 Å². The van der Waals surface area contributed by atoms with Crippen LogP contribution in [0.5, 0.6) is 11.5 Å². The van der Waals surface area contributed by atoms with Crippen LogP contribution in [0.1, 0.15) is 30.4 Å². The lowest BCUT2D eigenvalue weighted by atomic mass is 9.81. The van der Waals surface area contributed by atoms with Gasteiger partial charge in [0.2, 0.25) is 0 Å². The summed E-state index contributed by atoms with van der Waals surface area (Å²) in [4.78, 5) is 3.21. The Morgan fingerprint density at radius 1 is 1.23 bits per heavy atom. The number of alkyl halides is 3. The molecule has 0 saturated heterocycles. The molecule has 1 heterocycles. The van der Waals surface area contributed by atoms with Crippen LogP contribution in [0.4, 0.5) is 13.2 Å². The van der Waals surface area contributed by atoms with E-state index in [4.69, 9.17) is 16.3 Å². The van der Waals surface area contributed by atoms with Gasteiger partial charge in [-0.2, -0.15) is 13.2 Å². The maximum atomic E-state index is 13.2. The minimum absolute atomic E-state index is 0.122. The lowest BCUT2D eigenvalue weighted by Gasteiger charge is -2.24. The molecule has 0 amide bonds. The number of aromatic amines is 1. The van der Waals surface area contributed by atoms with Gasteiger partial charge in [0.25, 0.3) is 0 Å². The van der Waals surface area contributed by atoms with Crippen LogP contribution in [0.15, 0.2) is 36.5 Å². The highest BCUT2D eigenvalue weighted by Crippen LogP contribution is 2.42. The molecule has 2 aromatic carbocycles. The number of ether oxygens (including phenoxy) is 1. The van der Waals surface area contributed by atoms with Gasteiger partial charge in [0.15, 0.2) is 5.75 Å². The zero-order valence-electron chi connectivity index (χ0n) is 13.8. The number of fused-ring (bicyclic) bond motifs is 1. The summed E-state index contributed by atoms with van der Waals surface area (Å²) in [6, 6.07) is 9.73. The minimum Gasteiger partial charge on any atom is -0.455 e. The molecule has 0 unspecified atom stereocenters. The van der Waals surface area contributed by atoms with Gasteiger partial charge in [-0.05, 0) is 54.3 Å².